The van der Waals surface area contributed by atoms with Gasteiger partial charge in [0.15, 0.2) is 0 Å². The van der Waals surface area contributed by atoms with Gasteiger partial charge in [-0.3, -0.25) is 4.79 Å². The predicted octanol–water partition coefficient (Wildman–Crippen LogP) is 2.68. The van der Waals surface area contributed by atoms with Crippen molar-refractivity contribution in [1.29, 1.82) is 0 Å². The van der Waals surface area contributed by atoms with Gasteiger partial charge in [-0.1, -0.05) is 29.4 Å². The van der Waals surface area contributed by atoms with Crippen molar-refractivity contribution in [3.63, 3.8) is 0 Å². The Morgan fingerprint density at radius 2 is 2.00 bits per heavy atom. The Balaban J connectivity index is 1.65. The quantitative estimate of drug-likeness (QED) is 0.773. The summed E-state index contributed by atoms with van der Waals surface area (Å²) in [4.78, 5) is 16.2. The maximum atomic E-state index is 12.2. The summed E-state index contributed by atoms with van der Waals surface area (Å²) >= 11 is 0. The number of nitrogens with one attached hydrogen (secondary N) is 1. The highest BCUT2D eigenvalue weighted by atomic mass is 16.5. The highest BCUT2D eigenvalue weighted by Gasteiger charge is 2.09. The van der Waals surface area contributed by atoms with E-state index in [9.17, 15) is 9.90 Å². The van der Waals surface area contributed by atoms with Crippen molar-refractivity contribution in [2.45, 2.75) is 13.5 Å². The molecule has 2 N–H and O–H groups in total. The zero-order valence-electron chi connectivity index (χ0n) is 12.5. The van der Waals surface area contributed by atoms with E-state index in [1.165, 1.54) is 12.5 Å². The van der Waals surface area contributed by atoms with Crippen molar-refractivity contribution in [2.75, 3.05) is 0 Å². The average molecular weight is 309 g/mol. The minimum Gasteiger partial charge on any atom is -0.508 e. The minimum absolute atomic E-state index is 0.149. The topological polar surface area (TPSA) is 88.2 Å². The van der Waals surface area contributed by atoms with Gasteiger partial charge in [-0.25, -0.2) is 0 Å². The van der Waals surface area contributed by atoms with Gasteiger partial charge in [0.1, 0.15) is 5.75 Å². The van der Waals surface area contributed by atoms with Gasteiger partial charge in [-0.05, 0) is 36.2 Å². The molecule has 0 fully saturated rings. The maximum absolute atomic E-state index is 12.2. The van der Waals surface area contributed by atoms with Gasteiger partial charge < -0.3 is 14.9 Å². The SMILES string of the molecule is Cc1cc(O)ccc1C(=O)NCc1ccc(-c2ncon2)cc1. The summed E-state index contributed by atoms with van der Waals surface area (Å²) in [5, 5.41) is 16.0. The average Bonchev–Trinajstić information content (AvgIpc) is 3.07. The summed E-state index contributed by atoms with van der Waals surface area (Å²) in [6.07, 6.45) is 1.28. The van der Waals surface area contributed by atoms with Gasteiger partial charge in [0, 0.05) is 17.7 Å². The van der Waals surface area contributed by atoms with Crippen LogP contribution in [0.3, 0.4) is 0 Å². The fourth-order valence-electron chi connectivity index (χ4n) is 2.25. The highest BCUT2D eigenvalue weighted by Crippen LogP contribution is 2.17. The Kier molecular flexibility index (Phi) is 4.05. The van der Waals surface area contributed by atoms with E-state index in [0.29, 0.717) is 17.9 Å². The molecule has 0 aliphatic heterocycles. The molecule has 0 unspecified atom stereocenters. The van der Waals surface area contributed by atoms with Crippen LogP contribution in [0, 0.1) is 6.92 Å². The van der Waals surface area contributed by atoms with E-state index in [4.69, 9.17) is 4.52 Å². The normalized spacial score (nSPS) is 10.5. The van der Waals surface area contributed by atoms with Crippen molar-refractivity contribution in [1.82, 2.24) is 15.5 Å². The third-order valence-electron chi connectivity index (χ3n) is 3.48. The monoisotopic (exact) mass is 309 g/mol. The van der Waals surface area contributed by atoms with E-state index < -0.39 is 0 Å². The first-order valence-corrected chi connectivity index (χ1v) is 7.07. The number of nitrogens with zero attached hydrogens (tertiary/aromatic N) is 2. The summed E-state index contributed by atoms with van der Waals surface area (Å²) in [7, 11) is 0. The number of aryl methyl sites for hydroxylation is 1. The number of amides is 1. The molecule has 0 saturated heterocycles. The van der Waals surface area contributed by atoms with Crippen LogP contribution in [0.15, 0.2) is 53.4 Å². The second kappa shape index (κ2) is 6.31. The van der Waals surface area contributed by atoms with E-state index in [2.05, 4.69) is 15.5 Å². The van der Waals surface area contributed by atoms with Crippen LogP contribution in [0.2, 0.25) is 0 Å². The number of hydrogen-bond acceptors (Lipinski definition) is 5. The number of phenolic OH excluding ortho intramolecular Hbond substituents is 1. The van der Waals surface area contributed by atoms with Crippen LogP contribution in [0.5, 0.6) is 5.75 Å². The Hall–Kier alpha value is -3.15. The Labute approximate surface area is 132 Å². The fraction of sp³-hybridized carbons (Fsp3) is 0.118. The van der Waals surface area contributed by atoms with E-state index in [1.807, 2.05) is 24.3 Å². The number of phenols is 1. The second-order valence-electron chi connectivity index (χ2n) is 5.13. The van der Waals surface area contributed by atoms with Gasteiger partial charge in [0.25, 0.3) is 5.91 Å². The van der Waals surface area contributed by atoms with Crippen molar-refractivity contribution in [3.05, 3.63) is 65.5 Å². The lowest BCUT2D eigenvalue weighted by Gasteiger charge is -2.08. The van der Waals surface area contributed by atoms with Crippen LogP contribution in [0.25, 0.3) is 11.4 Å². The largest absolute Gasteiger partial charge is 0.508 e. The van der Waals surface area contributed by atoms with E-state index >= 15 is 0 Å². The van der Waals surface area contributed by atoms with Crippen molar-refractivity contribution >= 4 is 5.91 Å². The molecule has 23 heavy (non-hydrogen) atoms. The first-order chi connectivity index (χ1) is 11.1. The third kappa shape index (κ3) is 3.37. The summed E-state index contributed by atoms with van der Waals surface area (Å²) in [5.74, 6) is 0.501. The predicted molar refractivity (Wildman–Crippen MR) is 83.7 cm³/mol. The first-order valence-electron chi connectivity index (χ1n) is 7.07. The van der Waals surface area contributed by atoms with Gasteiger partial charge in [-0.2, -0.15) is 4.98 Å². The molecule has 0 bridgehead atoms. The lowest BCUT2D eigenvalue weighted by Crippen LogP contribution is -2.23. The molecular formula is C17H15N3O3. The van der Waals surface area contributed by atoms with Gasteiger partial charge in [-0.15, -0.1) is 0 Å². The number of aromatic nitrogens is 2. The smallest absolute Gasteiger partial charge is 0.251 e. The van der Waals surface area contributed by atoms with Crippen LogP contribution in [-0.4, -0.2) is 21.2 Å². The number of carbonyl (C=O) groups is 1. The van der Waals surface area contributed by atoms with Gasteiger partial charge in [0.05, 0.1) is 0 Å². The Morgan fingerprint density at radius 1 is 1.22 bits per heavy atom. The van der Waals surface area contributed by atoms with Crippen LogP contribution < -0.4 is 5.32 Å². The number of hydrogen-bond donors (Lipinski definition) is 2. The molecule has 6 nitrogen and oxygen atoms in total. The molecule has 6 heteroatoms. The molecule has 0 saturated carbocycles. The van der Waals surface area contributed by atoms with Crippen LogP contribution in [0.4, 0.5) is 0 Å². The van der Waals surface area contributed by atoms with Crippen molar-refractivity contribution in [2.24, 2.45) is 0 Å². The molecular weight excluding hydrogens is 294 g/mol. The molecule has 1 aromatic heterocycles. The number of aromatic hydroxyl groups is 1. The van der Waals surface area contributed by atoms with Crippen LogP contribution in [0.1, 0.15) is 21.5 Å². The number of benzene rings is 2. The molecule has 1 amide bonds. The van der Waals surface area contributed by atoms with E-state index in [0.717, 1.165) is 16.7 Å². The Morgan fingerprint density at radius 3 is 2.65 bits per heavy atom. The standard InChI is InChI=1S/C17H15N3O3/c1-11-8-14(21)6-7-15(11)17(22)18-9-12-2-4-13(5-3-12)16-19-10-23-20-16/h2-8,10,21H,9H2,1H3,(H,18,22). The van der Waals surface area contributed by atoms with Gasteiger partial charge in [0.2, 0.25) is 12.2 Å². The molecule has 0 spiro atoms. The summed E-state index contributed by atoms with van der Waals surface area (Å²) < 4.78 is 4.71. The van der Waals surface area contributed by atoms with Gasteiger partial charge >= 0.3 is 0 Å². The molecule has 0 radical (unpaired) electrons. The van der Waals surface area contributed by atoms with Crippen LogP contribution >= 0.6 is 0 Å². The molecule has 0 aliphatic rings. The molecule has 2 aromatic carbocycles. The molecule has 116 valence electrons. The molecule has 0 aliphatic carbocycles. The highest BCUT2D eigenvalue weighted by molar-refractivity contribution is 5.95. The third-order valence-corrected chi connectivity index (χ3v) is 3.48. The number of rotatable bonds is 4. The van der Waals surface area contributed by atoms with Crippen molar-refractivity contribution < 1.29 is 14.4 Å². The van der Waals surface area contributed by atoms with Crippen molar-refractivity contribution in [3.8, 4) is 17.1 Å². The lowest BCUT2D eigenvalue weighted by atomic mass is 10.1. The number of carbonyl (C=O) groups excluding carboxylic acids is 1. The summed E-state index contributed by atoms with van der Waals surface area (Å²) in [6, 6.07) is 12.2. The zero-order chi connectivity index (χ0) is 16.2. The second-order valence-corrected chi connectivity index (χ2v) is 5.13. The lowest BCUT2D eigenvalue weighted by molar-refractivity contribution is 0.0950. The first kappa shape index (κ1) is 14.8. The molecule has 0 atom stereocenters. The van der Waals surface area contributed by atoms with E-state index in [-0.39, 0.29) is 11.7 Å². The summed E-state index contributed by atoms with van der Waals surface area (Å²) in [6.45, 7) is 2.19. The minimum atomic E-state index is -0.176. The summed E-state index contributed by atoms with van der Waals surface area (Å²) in [5.41, 5.74) is 3.09. The fourth-order valence-corrected chi connectivity index (χ4v) is 2.25. The van der Waals surface area contributed by atoms with E-state index in [1.54, 1.807) is 19.1 Å². The molecule has 3 aromatic rings. The molecule has 1 heterocycles. The molecule has 3 rings (SSSR count). The maximum Gasteiger partial charge on any atom is 0.251 e. The Bertz CT molecular complexity index is 812. The zero-order valence-corrected chi connectivity index (χ0v) is 12.5. The van der Waals surface area contributed by atoms with Crippen LogP contribution in [-0.2, 0) is 6.54 Å².